The summed E-state index contributed by atoms with van der Waals surface area (Å²) in [5.41, 5.74) is 3.90. The van der Waals surface area contributed by atoms with Crippen LogP contribution in [0.1, 0.15) is 48.0 Å². The molecule has 0 radical (unpaired) electrons. The average molecular weight is 357 g/mol. The smallest absolute Gasteiger partial charge is 0.256 e. The number of hydrogen-bond acceptors (Lipinski definition) is 3. The third kappa shape index (κ3) is 3.37. The van der Waals surface area contributed by atoms with Gasteiger partial charge < -0.3 is 5.32 Å². The number of halogens is 1. The summed E-state index contributed by atoms with van der Waals surface area (Å²) in [7, 11) is 0. The van der Waals surface area contributed by atoms with E-state index in [1.807, 2.05) is 44.2 Å². The van der Waals surface area contributed by atoms with Crippen molar-refractivity contribution in [1.29, 1.82) is 0 Å². The molecule has 0 bridgehead atoms. The topological polar surface area (TPSA) is 59.3 Å². The molecule has 0 aliphatic heterocycles. The van der Waals surface area contributed by atoms with Crippen LogP contribution in [0.3, 0.4) is 0 Å². The Morgan fingerprint density at radius 2 is 1.80 bits per heavy atom. The van der Waals surface area contributed by atoms with E-state index in [0.717, 1.165) is 5.69 Å². The zero-order valence-electron chi connectivity index (χ0n) is 15.0. The van der Waals surface area contributed by atoms with Crippen LogP contribution >= 0.6 is 11.6 Å². The van der Waals surface area contributed by atoms with E-state index in [2.05, 4.69) is 36.2 Å². The number of hydrogen-bond donors (Lipinski definition) is 1. The first-order valence-electron chi connectivity index (χ1n) is 8.11. The molecule has 0 fully saturated rings. The van der Waals surface area contributed by atoms with E-state index in [9.17, 15) is 4.79 Å². The molecular formula is C19H21ClN4O. The molecule has 2 aromatic heterocycles. The lowest BCUT2D eigenvalue weighted by molar-refractivity contribution is 0.102. The van der Waals surface area contributed by atoms with E-state index < -0.39 is 0 Å². The molecule has 2 heterocycles. The lowest BCUT2D eigenvalue weighted by Gasteiger charge is -2.19. The van der Waals surface area contributed by atoms with Gasteiger partial charge >= 0.3 is 0 Å². The molecule has 0 unspecified atom stereocenters. The molecule has 1 amide bonds. The fraction of sp³-hybridized carbons (Fsp3) is 0.316. The molecule has 0 spiro atoms. The molecule has 0 aliphatic carbocycles. The van der Waals surface area contributed by atoms with E-state index in [4.69, 9.17) is 11.6 Å². The molecule has 0 saturated carbocycles. The van der Waals surface area contributed by atoms with Crippen molar-refractivity contribution in [2.75, 3.05) is 5.32 Å². The second-order valence-corrected chi connectivity index (χ2v) is 7.57. The van der Waals surface area contributed by atoms with Crippen molar-refractivity contribution in [3.63, 3.8) is 0 Å². The number of anilines is 1. The summed E-state index contributed by atoms with van der Waals surface area (Å²) in [4.78, 5) is 17.0. The van der Waals surface area contributed by atoms with E-state index >= 15 is 0 Å². The van der Waals surface area contributed by atoms with E-state index in [0.29, 0.717) is 27.7 Å². The summed E-state index contributed by atoms with van der Waals surface area (Å²) < 4.78 is 1.57. The van der Waals surface area contributed by atoms with Crippen LogP contribution in [0.5, 0.6) is 0 Å². The quantitative estimate of drug-likeness (QED) is 0.685. The highest BCUT2D eigenvalue weighted by Gasteiger charge is 2.17. The summed E-state index contributed by atoms with van der Waals surface area (Å²) in [5, 5.41) is 7.59. The monoisotopic (exact) mass is 356 g/mol. The molecule has 1 aromatic carbocycles. The number of aryl methyl sites for hydroxylation is 1. The van der Waals surface area contributed by atoms with E-state index in [1.165, 1.54) is 5.56 Å². The second kappa shape index (κ2) is 6.15. The fourth-order valence-corrected chi connectivity index (χ4v) is 2.80. The molecule has 1 N–H and O–H groups in total. The Morgan fingerprint density at radius 1 is 1.16 bits per heavy atom. The van der Waals surface area contributed by atoms with Gasteiger partial charge in [0.1, 0.15) is 11.0 Å². The summed E-state index contributed by atoms with van der Waals surface area (Å²) in [5.74, 6) is 0.231. The summed E-state index contributed by atoms with van der Waals surface area (Å²) >= 11 is 6.35. The third-order valence-electron chi connectivity index (χ3n) is 4.13. The van der Waals surface area contributed by atoms with Crippen molar-refractivity contribution >= 4 is 29.0 Å². The number of fused-ring (bicyclic) bond motifs is 1. The second-order valence-electron chi connectivity index (χ2n) is 7.21. The first-order chi connectivity index (χ1) is 11.7. The molecule has 0 saturated heterocycles. The predicted molar refractivity (Wildman–Crippen MR) is 101 cm³/mol. The van der Waals surface area contributed by atoms with Gasteiger partial charge in [0.15, 0.2) is 5.65 Å². The van der Waals surface area contributed by atoms with Gasteiger partial charge in [-0.2, -0.15) is 5.10 Å². The largest absolute Gasteiger partial charge is 0.306 e. The Kier molecular flexibility index (Phi) is 4.29. The van der Waals surface area contributed by atoms with Crippen molar-refractivity contribution in [2.45, 2.75) is 40.0 Å². The minimum atomic E-state index is -0.215. The van der Waals surface area contributed by atoms with E-state index in [-0.39, 0.29) is 11.3 Å². The van der Waals surface area contributed by atoms with Gasteiger partial charge in [0.05, 0.1) is 5.69 Å². The van der Waals surface area contributed by atoms with E-state index in [1.54, 1.807) is 4.52 Å². The average Bonchev–Trinajstić information content (AvgIpc) is 2.92. The molecule has 25 heavy (non-hydrogen) atoms. The number of carbonyl (C=O) groups is 1. The number of benzene rings is 1. The number of nitrogens with zero attached hydrogens (tertiary/aromatic N) is 3. The number of nitrogens with one attached hydrogen (secondary N) is 1. The first kappa shape index (κ1) is 17.4. The number of aromatic nitrogens is 3. The van der Waals surface area contributed by atoms with Gasteiger partial charge in [-0.1, -0.05) is 44.5 Å². The maximum atomic E-state index is 12.6. The highest BCUT2D eigenvalue weighted by Crippen LogP contribution is 2.25. The predicted octanol–water partition coefficient (Wildman–Crippen LogP) is 4.55. The molecular weight excluding hydrogens is 336 g/mol. The Hall–Kier alpha value is -2.40. The summed E-state index contributed by atoms with van der Waals surface area (Å²) in [6.45, 7) is 10.1. The minimum absolute atomic E-state index is 0.0472. The number of amides is 1. The maximum absolute atomic E-state index is 12.6. The fourth-order valence-electron chi connectivity index (χ4n) is 2.59. The SMILES string of the molecule is Cc1cc2nc(NC(=O)c3ccc(C(C)(C)C)cc3)c(C)c(Cl)n2n1. The van der Waals surface area contributed by atoms with Gasteiger partial charge in [-0.25, -0.2) is 9.50 Å². The van der Waals surface area contributed by atoms with Crippen molar-refractivity contribution in [2.24, 2.45) is 0 Å². The summed E-state index contributed by atoms with van der Waals surface area (Å²) in [6, 6.07) is 9.43. The maximum Gasteiger partial charge on any atom is 0.256 e. The third-order valence-corrected chi connectivity index (χ3v) is 4.58. The van der Waals surface area contributed by atoms with Gasteiger partial charge in [-0.3, -0.25) is 4.79 Å². The molecule has 5 nitrogen and oxygen atoms in total. The lowest BCUT2D eigenvalue weighted by Crippen LogP contribution is -2.16. The minimum Gasteiger partial charge on any atom is -0.306 e. The Labute approximate surface area is 152 Å². The van der Waals surface area contributed by atoms with Crippen molar-refractivity contribution < 1.29 is 4.79 Å². The molecule has 3 rings (SSSR count). The van der Waals surface area contributed by atoms with Crippen LogP contribution in [0.2, 0.25) is 5.15 Å². The van der Waals surface area contributed by atoms with Crippen molar-refractivity contribution in [1.82, 2.24) is 14.6 Å². The van der Waals surface area contributed by atoms with Crippen LogP contribution in [0.25, 0.3) is 5.65 Å². The van der Waals surface area contributed by atoms with Crippen LogP contribution in [0.4, 0.5) is 5.82 Å². The summed E-state index contributed by atoms with van der Waals surface area (Å²) in [6.07, 6.45) is 0. The molecule has 6 heteroatoms. The molecule has 0 atom stereocenters. The Morgan fingerprint density at radius 3 is 2.40 bits per heavy atom. The number of rotatable bonds is 2. The van der Waals surface area contributed by atoms with Crippen LogP contribution in [-0.4, -0.2) is 20.5 Å². The van der Waals surface area contributed by atoms with Gasteiger partial charge in [-0.15, -0.1) is 0 Å². The molecule has 130 valence electrons. The van der Waals surface area contributed by atoms with Crippen LogP contribution in [-0.2, 0) is 5.41 Å². The van der Waals surface area contributed by atoms with Crippen LogP contribution in [0.15, 0.2) is 30.3 Å². The van der Waals surface area contributed by atoms with Gasteiger partial charge in [0, 0.05) is 17.2 Å². The highest BCUT2D eigenvalue weighted by molar-refractivity contribution is 6.31. The molecule has 0 aliphatic rings. The van der Waals surface area contributed by atoms with Crippen molar-refractivity contribution in [3.05, 3.63) is 57.9 Å². The van der Waals surface area contributed by atoms with Gasteiger partial charge in [-0.05, 0) is 37.0 Å². The zero-order valence-corrected chi connectivity index (χ0v) is 15.8. The van der Waals surface area contributed by atoms with Gasteiger partial charge in [0.2, 0.25) is 0 Å². The normalized spacial score (nSPS) is 11.8. The number of carbonyl (C=O) groups excluding carboxylic acids is 1. The highest BCUT2D eigenvalue weighted by atomic mass is 35.5. The Balaban J connectivity index is 1.90. The first-order valence-corrected chi connectivity index (χ1v) is 8.49. The van der Waals surface area contributed by atoms with Gasteiger partial charge in [0.25, 0.3) is 5.91 Å². The van der Waals surface area contributed by atoms with Crippen LogP contribution < -0.4 is 5.32 Å². The lowest BCUT2D eigenvalue weighted by atomic mass is 9.87. The van der Waals surface area contributed by atoms with Crippen molar-refractivity contribution in [3.8, 4) is 0 Å². The van der Waals surface area contributed by atoms with Crippen LogP contribution in [0, 0.1) is 13.8 Å². The Bertz CT molecular complexity index is 952. The standard InChI is InChI=1S/C19H21ClN4O/c1-11-10-15-21-17(12(2)16(20)24(15)23-11)22-18(25)13-6-8-14(9-7-13)19(3,4)5/h6-10H,1-5H3,(H,21,22,25). The molecule has 3 aromatic rings. The zero-order chi connectivity index (χ0) is 18.4.